The fraction of sp³-hybridized carbons (Fsp3) is 0.273. The third-order valence-electron chi connectivity index (χ3n) is 5.04. The second-order valence-electron chi connectivity index (χ2n) is 7.32. The number of hydrogen-bond donors (Lipinski definition) is 1. The van der Waals surface area contributed by atoms with Gasteiger partial charge in [-0.15, -0.1) is 11.3 Å². The van der Waals surface area contributed by atoms with E-state index in [9.17, 15) is 17.6 Å². The van der Waals surface area contributed by atoms with E-state index in [4.69, 9.17) is 4.74 Å². The third kappa shape index (κ3) is 5.32. The van der Waals surface area contributed by atoms with Crippen LogP contribution in [0.2, 0.25) is 0 Å². The molecule has 1 aliphatic rings. The van der Waals surface area contributed by atoms with Crippen molar-refractivity contribution in [3.05, 3.63) is 59.7 Å². The van der Waals surface area contributed by atoms with Crippen molar-refractivity contribution in [3.8, 4) is 17.0 Å². The van der Waals surface area contributed by atoms with Crippen molar-refractivity contribution in [2.75, 3.05) is 25.0 Å². The first-order valence-corrected chi connectivity index (χ1v) is 12.5. The first kappa shape index (κ1) is 22.4. The van der Waals surface area contributed by atoms with Gasteiger partial charge in [0, 0.05) is 24.0 Å². The number of hydrogen-bond acceptors (Lipinski definition) is 6. The normalized spacial score (nSPS) is 14.8. The van der Waals surface area contributed by atoms with Crippen molar-refractivity contribution in [3.63, 3.8) is 0 Å². The summed E-state index contributed by atoms with van der Waals surface area (Å²) in [6.07, 6.45) is 2.80. The van der Waals surface area contributed by atoms with Gasteiger partial charge in [0.2, 0.25) is 10.0 Å². The van der Waals surface area contributed by atoms with Crippen LogP contribution in [0.1, 0.15) is 19.3 Å². The first-order valence-electron chi connectivity index (χ1n) is 10.2. The number of nitrogens with zero attached hydrogens (tertiary/aromatic N) is 2. The number of carbonyl (C=O) groups is 1. The number of aromatic nitrogens is 1. The second kappa shape index (κ2) is 9.76. The Bertz CT molecular complexity index is 1170. The lowest BCUT2D eigenvalue weighted by Crippen LogP contribution is -2.35. The van der Waals surface area contributed by atoms with Crippen molar-refractivity contribution >= 4 is 32.4 Å². The molecule has 0 radical (unpaired) electrons. The van der Waals surface area contributed by atoms with Gasteiger partial charge in [-0.1, -0.05) is 6.42 Å². The smallest absolute Gasteiger partial charge is 0.264 e. The Labute approximate surface area is 189 Å². The zero-order chi connectivity index (χ0) is 22.6. The van der Waals surface area contributed by atoms with E-state index in [2.05, 4.69) is 10.3 Å². The Morgan fingerprint density at radius 1 is 1.06 bits per heavy atom. The number of benzene rings is 2. The molecule has 3 aromatic rings. The van der Waals surface area contributed by atoms with Crippen LogP contribution in [0, 0.1) is 5.82 Å². The van der Waals surface area contributed by atoms with Crippen molar-refractivity contribution in [2.24, 2.45) is 0 Å². The van der Waals surface area contributed by atoms with Gasteiger partial charge >= 0.3 is 0 Å². The van der Waals surface area contributed by atoms with Crippen LogP contribution >= 0.6 is 11.3 Å². The number of rotatable bonds is 7. The van der Waals surface area contributed by atoms with Gasteiger partial charge in [-0.2, -0.15) is 4.31 Å². The van der Waals surface area contributed by atoms with Crippen molar-refractivity contribution in [1.82, 2.24) is 9.29 Å². The molecule has 0 aliphatic carbocycles. The van der Waals surface area contributed by atoms with Gasteiger partial charge in [0.25, 0.3) is 5.91 Å². The van der Waals surface area contributed by atoms with Crippen LogP contribution in [-0.2, 0) is 14.8 Å². The molecule has 168 valence electrons. The number of anilines is 1. The molecule has 1 fully saturated rings. The first-order chi connectivity index (χ1) is 15.4. The highest BCUT2D eigenvalue weighted by molar-refractivity contribution is 7.89. The highest BCUT2D eigenvalue weighted by atomic mass is 32.2. The summed E-state index contributed by atoms with van der Waals surface area (Å²) in [6, 6.07) is 12.0. The van der Waals surface area contributed by atoms with Crippen LogP contribution in [0.3, 0.4) is 0 Å². The predicted octanol–water partition coefficient (Wildman–Crippen LogP) is 4.14. The van der Waals surface area contributed by atoms with E-state index in [0.717, 1.165) is 24.8 Å². The summed E-state index contributed by atoms with van der Waals surface area (Å²) >= 11 is 1.25. The number of nitrogens with one attached hydrogen (secondary N) is 1. The van der Waals surface area contributed by atoms with Gasteiger partial charge in [-0.25, -0.2) is 17.8 Å². The molecular formula is C22H22FN3O4S2. The zero-order valence-corrected chi connectivity index (χ0v) is 18.8. The summed E-state index contributed by atoms with van der Waals surface area (Å²) in [6.45, 7) is 0.838. The van der Waals surface area contributed by atoms with Gasteiger partial charge in [0.05, 0.1) is 10.6 Å². The average molecular weight is 476 g/mol. The molecule has 1 N–H and O–H groups in total. The standard InChI is InChI=1S/C22H22FN3O4S2/c23-17-6-4-16(5-7-17)20-15-31-22(24-20)25-21(27)14-30-18-8-10-19(11-9-18)32(28,29)26-12-2-1-3-13-26/h4-11,15H,1-3,12-14H2,(H,24,25,27). The average Bonchev–Trinajstić information content (AvgIpc) is 3.27. The molecule has 2 aromatic carbocycles. The molecular weight excluding hydrogens is 453 g/mol. The molecule has 1 aromatic heterocycles. The van der Waals surface area contributed by atoms with E-state index in [1.807, 2.05) is 0 Å². The maximum Gasteiger partial charge on any atom is 0.264 e. The van der Waals surface area contributed by atoms with E-state index in [-0.39, 0.29) is 17.3 Å². The molecule has 1 amide bonds. The fourth-order valence-corrected chi connectivity index (χ4v) is 5.60. The highest BCUT2D eigenvalue weighted by Gasteiger charge is 2.25. The van der Waals surface area contributed by atoms with Crippen molar-refractivity contribution in [1.29, 1.82) is 0 Å². The summed E-state index contributed by atoms with van der Waals surface area (Å²) in [7, 11) is -3.50. The van der Waals surface area contributed by atoms with E-state index in [1.165, 1.54) is 39.9 Å². The Kier molecular flexibility index (Phi) is 6.83. The van der Waals surface area contributed by atoms with E-state index in [0.29, 0.717) is 29.7 Å². The van der Waals surface area contributed by atoms with Crippen LogP contribution in [0.15, 0.2) is 58.8 Å². The van der Waals surface area contributed by atoms with E-state index < -0.39 is 15.9 Å². The van der Waals surface area contributed by atoms with Crippen LogP contribution in [0.5, 0.6) is 5.75 Å². The molecule has 32 heavy (non-hydrogen) atoms. The molecule has 0 unspecified atom stereocenters. The highest BCUT2D eigenvalue weighted by Crippen LogP contribution is 2.25. The molecule has 7 nitrogen and oxygen atoms in total. The molecule has 1 aliphatic heterocycles. The molecule has 2 heterocycles. The minimum Gasteiger partial charge on any atom is -0.484 e. The molecule has 4 rings (SSSR count). The molecule has 0 bridgehead atoms. The van der Waals surface area contributed by atoms with Crippen LogP contribution in [0.4, 0.5) is 9.52 Å². The minimum atomic E-state index is -3.50. The molecule has 0 spiro atoms. The third-order valence-corrected chi connectivity index (χ3v) is 7.71. The number of halogens is 1. The Balaban J connectivity index is 1.31. The van der Waals surface area contributed by atoms with E-state index >= 15 is 0 Å². The van der Waals surface area contributed by atoms with Gasteiger partial charge in [0.1, 0.15) is 11.6 Å². The van der Waals surface area contributed by atoms with Crippen molar-refractivity contribution in [2.45, 2.75) is 24.2 Å². The second-order valence-corrected chi connectivity index (χ2v) is 10.1. The lowest BCUT2D eigenvalue weighted by Gasteiger charge is -2.25. The number of ether oxygens (including phenoxy) is 1. The molecule has 1 saturated heterocycles. The number of thiazole rings is 1. The van der Waals surface area contributed by atoms with Crippen molar-refractivity contribution < 1.29 is 22.3 Å². The number of piperidine rings is 1. The van der Waals surface area contributed by atoms with Gasteiger partial charge in [-0.05, 0) is 61.4 Å². The van der Waals surface area contributed by atoms with Crippen LogP contribution in [-0.4, -0.2) is 43.3 Å². The van der Waals surface area contributed by atoms with E-state index in [1.54, 1.807) is 29.6 Å². The Morgan fingerprint density at radius 3 is 2.44 bits per heavy atom. The number of amides is 1. The Hall–Kier alpha value is -2.82. The summed E-state index contributed by atoms with van der Waals surface area (Å²) in [4.78, 5) is 16.7. The number of sulfonamides is 1. The fourth-order valence-electron chi connectivity index (χ4n) is 3.35. The Morgan fingerprint density at radius 2 is 1.75 bits per heavy atom. The molecule has 0 saturated carbocycles. The largest absolute Gasteiger partial charge is 0.484 e. The molecule has 0 atom stereocenters. The maximum absolute atomic E-state index is 13.0. The minimum absolute atomic E-state index is 0.215. The summed E-state index contributed by atoms with van der Waals surface area (Å²) in [5, 5.41) is 4.83. The SMILES string of the molecule is O=C(COc1ccc(S(=O)(=O)N2CCCCC2)cc1)Nc1nc(-c2ccc(F)cc2)cs1. The molecule has 10 heteroatoms. The van der Waals surface area contributed by atoms with Gasteiger partial charge in [-0.3, -0.25) is 10.1 Å². The zero-order valence-electron chi connectivity index (χ0n) is 17.2. The summed E-state index contributed by atoms with van der Waals surface area (Å²) in [5.74, 6) is -0.328. The monoisotopic (exact) mass is 475 g/mol. The van der Waals surface area contributed by atoms with Gasteiger partial charge in [0.15, 0.2) is 11.7 Å². The van der Waals surface area contributed by atoms with Gasteiger partial charge < -0.3 is 4.74 Å². The van der Waals surface area contributed by atoms with Crippen LogP contribution < -0.4 is 10.1 Å². The van der Waals surface area contributed by atoms with Crippen LogP contribution in [0.25, 0.3) is 11.3 Å². The number of carbonyl (C=O) groups excluding carboxylic acids is 1. The maximum atomic E-state index is 13.0. The lowest BCUT2D eigenvalue weighted by atomic mass is 10.2. The summed E-state index contributed by atoms with van der Waals surface area (Å²) < 4.78 is 45.4. The topological polar surface area (TPSA) is 88.6 Å². The quantitative estimate of drug-likeness (QED) is 0.555. The summed E-state index contributed by atoms with van der Waals surface area (Å²) in [5.41, 5.74) is 1.38. The lowest BCUT2D eigenvalue weighted by molar-refractivity contribution is -0.118. The predicted molar refractivity (Wildman–Crippen MR) is 121 cm³/mol.